The van der Waals surface area contributed by atoms with Gasteiger partial charge in [0, 0.05) is 2.74 Å². The number of benzene rings is 2. The van der Waals surface area contributed by atoms with Gasteiger partial charge >= 0.3 is 5.97 Å². The van der Waals surface area contributed by atoms with E-state index in [1.54, 1.807) is 12.1 Å². The van der Waals surface area contributed by atoms with E-state index >= 15 is 0 Å². The molecule has 2 saturated carbocycles. The second-order valence-corrected chi connectivity index (χ2v) is 8.72. The van der Waals surface area contributed by atoms with Gasteiger partial charge in [0.25, 0.3) is 0 Å². The zero-order valence-corrected chi connectivity index (χ0v) is 16.2. The van der Waals surface area contributed by atoms with Gasteiger partial charge in [-0.15, -0.1) is 0 Å². The van der Waals surface area contributed by atoms with Crippen molar-refractivity contribution in [3.05, 3.63) is 65.2 Å². The summed E-state index contributed by atoms with van der Waals surface area (Å²) < 4.78 is 30.7. The van der Waals surface area contributed by atoms with E-state index in [2.05, 4.69) is 6.07 Å². The van der Waals surface area contributed by atoms with Crippen molar-refractivity contribution in [3.8, 4) is 5.75 Å². The van der Waals surface area contributed by atoms with Gasteiger partial charge in [-0.05, 0) is 97.0 Å². The molecule has 0 radical (unpaired) electrons. The number of aliphatic hydroxyl groups is 1. The molecule has 3 aliphatic rings. The first kappa shape index (κ1) is 14.8. The Morgan fingerprint density at radius 3 is 2.86 bits per heavy atom. The topological polar surface area (TPSA) is 46.5 Å². The van der Waals surface area contributed by atoms with Gasteiger partial charge in [0.15, 0.2) is 0 Å². The van der Waals surface area contributed by atoms with E-state index in [9.17, 15) is 9.90 Å². The first-order valence-corrected chi connectivity index (χ1v) is 10.3. The average Bonchev–Trinajstić information content (AvgIpc) is 2.89. The summed E-state index contributed by atoms with van der Waals surface area (Å²) in [5, 5.41) is 10.8. The Kier molecular flexibility index (Phi) is 3.56. The monoisotopic (exact) mass is 379 g/mol. The highest BCUT2D eigenvalue weighted by Gasteiger charge is 2.54. The Balaban J connectivity index is 1.40. The van der Waals surface area contributed by atoms with E-state index in [0.717, 1.165) is 19.3 Å². The van der Waals surface area contributed by atoms with Crippen LogP contribution in [-0.4, -0.2) is 17.2 Å². The van der Waals surface area contributed by atoms with Gasteiger partial charge in [-0.3, -0.25) is 0 Å². The number of rotatable bonds is 2. The fourth-order valence-corrected chi connectivity index (χ4v) is 5.76. The average molecular weight is 380 g/mol. The molecule has 3 heteroatoms. The summed E-state index contributed by atoms with van der Waals surface area (Å²) in [4.78, 5) is 12.4. The molecule has 2 aromatic rings. The van der Waals surface area contributed by atoms with Crippen LogP contribution in [0.25, 0.3) is 0 Å². The Morgan fingerprint density at radius 2 is 2.04 bits per heavy atom. The van der Waals surface area contributed by atoms with Crippen molar-refractivity contribution >= 4 is 5.97 Å². The lowest BCUT2D eigenvalue weighted by Gasteiger charge is -2.50. The zero-order chi connectivity index (χ0) is 22.0. The summed E-state index contributed by atoms with van der Waals surface area (Å²) in [6.45, 7) is 1.91. The van der Waals surface area contributed by atoms with Gasteiger partial charge in [-0.25, -0.2) is 4.79 Å². The van der Waals surface area contributed by atoms with Crippen molar-refractivity contribution in [2.45, 2.75) is 57.4 Å². The fraction of sp³-hybridized carbons (Fsp3) is 0.480. The third kappa shape index (κ3) is 2.79. The van der Waals surface area contributed by atoms with Crippen LogP contribution in [0.15, 0.2) is 48.5 Å². The lowest BCUT2D eigenvalue weighted by molar-refractivity contribution is -0.0226. The van der Waals surface area contributed by atoms with E-state index in [1.807, 2.05) is 37.3 Å². The molecule has 3 nitrogen and oxygen atoms in total. The molecule has 1 N–H and O–H groups in total. The predicted molar refractivity (Wildman–Crippen MR) is 108 cm³/mol. The fourth-order valence-electron chi connectivity index (χ4n) is 5.76. The second kappa shape index (κ2) is 6.73. The van der Waals surface area contributed by atoms with E-state index in [-0.39, 0.29) is 24.2 Å². The van der Waals surface area contributed by atoms with Crippen LogP contribution in [0, 0.1) is 17.3 Å². The number of aryl methyl sites for hydroxylation is 1. The third-order valence-corrected chi connectivity index (χ3v) is 7.34. The minimum Gasteiger partial charge on any atom is -0.423 e. The summed E-state index contributed by atoms with van der Waals surface area (Å²) in [5.74, 6) is 0.728. The maximum atomic E-state index is 12.4. The summed E-state index contributed by atoms with van der Waals surface area (Å²) in [7, 11) is 0. The van der Waals surface area contributed by atoms with Crippen molar-refractivity contribution in [1.82, 2.24) is 0 Å². The predicted octanol–water partition coefficient (Wildman–Crippen LogP) is 5.12. The molecule has 0 aliphatic heterocycles. The van der Waals surface area contributed by atoms with Crippen molar-refractivity contribution in [1.29, 1.82) is 0 Å². The van der Waals surface area contributed by atoms with Gasteiger partial charge in [-0.1, -0.05) is 31.2 Å². The molecule has 28 heavy (non-hydrogen) atoms. The van der Waals surface area contributed by atoms with Crippen LogP contribution in [0.5, 0.6) is 5.75 Å². The summed E-state index contributed by atoms with van der Waals surface area (Å²) in [5.41, 5.74) is 2.23. The van der Waals surface area contributed by atoms with Crippen LogP contribution in [0.2, 0.25) is 0 Å². The Labute approximate surface area is 170 Å². The molecule has 5 rings (SSSR count). The molecule has 0 unspecified atom stereocenters. The second-order valence-electron chi connectivity index (χ2n) is 8.72. The summed E-state index contributed by atoms with van der Waals surface area (Å²) in [6, 6.07) is 14.8. The maximum Gasteiger partial charge on any atom is 0.343 e. The van der Waals surface area contributed by atoms with Gasteiger partial charge in [-0.2, -0.15) is 0 Å². The molecule has 146 valence electrons. The standard InChI is InChI=1S/C25H28O3/c1-25-14-13-20-19-10-8-18(28-24(27)16-5-3-2-4-6-16)15-17(19)7-9-21(20)22(25)11-12-23(25)26/h2-6,8,10,15,20-23,26H,7,9,11-14H2,1H3/t20-,21-,22+,23+,25+/m1/s1/i12D2,23D. The molecule has 2 aromatic carbocycles. The molecule has 0 aromatic heterocycles. The zero-order valence-electron chi connectivity index (χ0n) is 19.2. The van der Waals surface area contributed by atoms with Gasteiger partial charge < -0.3 is 9.84 Å². The van der Waals surface area contributed by atoms with Crippen LogP contribution in [0.1, 0.15) is 70.5 Å². The van der Waals surface area contributed by atoms with E-state index < -0.39 is 17.9 Å². The highest BCUT2D eigenvalue weighted by molar-refractivity contribution is 5.91. The molecular weight excluding hydrogens is 348 g/mol. The quantitative estimate of drug-likeness (QED) is 0.582. The minimum absolute atomic E-state index is 0.00696. The molecule has 0 amide bonds. The van der Waals surface area contributed by atoms with Crippen LogP contribution in [0.3, 0.4) is 0 Å². The minimum atomic E-state index is -2.05. The Bertz CT molecular complexity index is 1020. The number of ether oxygens (including phenoxy) is 1. The largest absolute Gasteiger partial charge is 0.423 e. The highest BCUT2D eigenvalue weighted by atomic mass is 16.5. The van der Waals surface area contributed by atoms with Crippen molar-refractivity contribution < 1.29 is 18.8 Å². The number of carbonyl (C=O) groups excluding carboxylic acids is 1. The summed E-state index contributed by atoms with van der Waals surface area (Å²) >= 11 is 0. The SMILES string of the molecule is [2H]C1([2H])C[C@H]2[C@@H]3CCc4cc(OC(=O)c5ccccc5)ccc4[C@H]3CC[C@]2(C)[C@@]1([2H])O. The first-order chi connectivity index (χ1) is 14.6. The Morgan fingerprint density at radius 1 is 1.21 bits per heavy atom. The van der Waals surface area contributed by atoms with Gasteiger partial charge in [0.2, 0.25) is 0 Å². The maximum absolute atomic E-state index is 12.4. The smallest absolute Gasteiger partial charge is 0.343 e. The first-order valence-electron chi connectivity index (χ1n) is 11.8. The summed E-state index contributed by atoms with van der Waals surface area (Å²) in [6.07, 6.45) is -0.484. The van der Waals surface area contributed by atoms with E-state index in [1.165, 1.54) is 11.1 Å². The van der Waals surface area contributed by atoms with Crippen LogP contribution >= 0.6 is 0 Å². The number of carbonyl (C=O) groups is 1. The lowest BCUT2D eigenvalue weighted by atomic mass is 9.55. The van der Waals surface area contributed by atoms with E-state index in [4.69, 9.17) is 8.85 Å². The van der Waals surface area contributed by atoms with Crippen LogP contribution < -0.4 is 4.74 Å². The van der Waals surface area contributed by atoms with Crippen molar-refractivity contribution in [2.75, 3.05) is 0 Å². The number of hydrogen-bond acceptors (Lipinski definition) is 3. The normalized spacial score (nSPS) is 39.5. The lowest BCUT2D eigenvalue weighted by Crippen LogP contribution is -2.43. The van der Waals surface area contributed by atoms with Crippen molar-refractivity contribution in [2.24, 2.45) is 17.3 Å². The third-order valence-electron chi connectivity index (χ3n) is 7.34. The number of esters is 1. The van der Waals surface area contributed by atoms with Crippen molar-refractivity contribution in [3.63, 3.8) is 0 Å². The van der Waals surface area contributed by atoms with Gasteiger partial charge in [0.05, 0.1) is 13.0 Å². The van der Waals surface area contributed by atoms with Crippen LogP contribution in [-0.2, 0) is 6.42 Å². The molecule has 3 aliphatic carbocycles. The molecule has 0 bridgehead atoms. The van der Waals surface area contributed by atoms with Crippen LogP contribution in [0.4, 0.5) is 0 Å². The molecule has 0 heterocycles. The molecule has 2 fully saturated rings. The molecule has 0 spiro atoms. The van der Waals surface area contributed by atoms with Gasteiger partial charge in [0.1, 0.15) is 5.75 Å². The number of hydrogen-bond donors (Lipinski definition) is 1. The number of fused-ring (bicyclic) bond motifs is 5. The van der Waals surface area contributed by atoms with E-state index in [0.29, 0.717) is 23.7 Å². The highest BCUT2D eigenvalue weighted by Crippen LogP contribution is 2.60. The molecular formula is C25H28O3. The molecule has 5 atom stereocenters. The Hall–Kier alpha value is -2.13. The molecule has 0 saturated heterocycles.